The summed E-state index contributed by atoms with van der Waals surface area (Å²) in [6.45, 7) is 2.51. The number of amides is 1. The first-order chi connectivity index (χ1) is 9.34. The Bertz CT molecular complexity index is 455. The van der Waals surface area contributed by atoms with Gasteiger partial charge in [0.1, 0.15) is 5.75 Å². The predicted molar refractivity (Wildman–Crippen MR) is 73.0 cm³/mol. The highest BCUT2D eigenvalue weighted by molar-refractivity contribution is 5.79. The average Bonchev–Trinajstić information content (AvgIpc) is 2.48. The van der Waals surface area contributed by atoms with Gasteiger partial charge < -0.3 is 15.4 Å². The number of fused-ring (bicyclic) bond motifs is 1. The van der Waals surface area contributed by atoms with Gasteiger partial charge in [0.2, 0.25) is 5.91 Å². The molecule has 3 rings (SSSR count). The van der Waals surface area contributed by atoms with E-state index >= 15 is 0 Å². The Morgan fingerprint density at radius 2 is 2.21 bits per heavy atom. The number of carbonyl (C=O) groups is 1. The van der Waals surface area contributed by atoms with E-state index in [2.05, 4.69) is 10.6 Å². The standard InChI is InChI=1S/C15H20N2O2/c18-15(11-4-3-8-16-10-11)17-13-7-9-19-14-6-2-1-5-12(13)14/h1-2,5-6,11,13,16H,3-4,7-10H2,(H,17,18). The average molecular weight is 260 g/mol. The number of carbonyl (C=O) groups excluding carboxylic acids is 1. The van der Waals surface area contributed by atoms with Crippen molar-refractivity contribution in [2.75, 3.05) is 19.7 Å². The van der Waals surface area contributed by atoms with E-state index in [1.165, 1.54) is 0 Å². The van der Waals surface area contributed by atoms with Gasteiger partial charge in [-0.1, -0.05) is 18.2 Å². The van der Waals surface area contributed by atoms with E-state index in [1.54, 1.807) is 0 Å². The van der Waals surface area contributed by atoms with Gasteiger partial charge >= 0.3 is 0 Å². The van der Waals surface area contributed by atoms with E-state index in [9.17, 15) is 4.79 Å². The molecule has 2 heterocycles. The molecule has 0 spiro atoms. The van der Waals surface area contributed by atoms with Gasteiger partial charge in [0.05, 0.1) is 18.6 Å². The number of ether oxygens (including phenoxy) is 1. The summed E-state index contributed by atoms with van der Waals surface area (Å²) in [6.07, 6.45) is 2.93. The van der Waals surface area contributed by atoms with Crippen LogP contribution in [-0.2, 0) is 4.79 Å². The molecular weight excluding hydrogens is 240 g/mol. The molecule has 0 saturated carbocycles. The Morgan fingerprint density at radius 1 is 1.32 bits per heavy atom. The van der Waals surface area contributed by atoms with E-state index in [-0.39, 0.29) is 17.9 Å². The second-order valence-electron chi connectivity index (χ2n) is 5.28. The quantitative estimate of drug-likeness (QED) is 0.849. The summed E-state index contributed by atoms with van der Waals surface area (Å²) in [5.74, 6) is 1.19. The highest BCUT2D eigenvalue weighted by Crippen LogP contribution is 2.31. The zero-order valence-electron chi connectivity index (χ0n) is 11.0. The number of hydrogen-bond donors (Lipinski definition) is 2. The minimum atomic E-state index is 0.0966. The van der Waals surface area contributed by atoms with Crippen LogP contribution in [-0.4, -0.2) is 25.6 Å². The highest BCUT2D eigenvalue weighted by atomic mass is 16.5. The van der Waals surface area contributed by atoms with Crippen molar-refractivity contribution < 1.29 is 9.53 Å². The molecule has 102 valence electrons. The highest BCUT2D eigenvalue weighted by Gasteiger charge is 2.26. The first kappa shape index (κ1) is 12.5. The molecule has 1 fully saturated rings. The Kier molecular flexibility index (Phi) is 3.69. The largest absolute Gasteiger partial charge is 0.493 e. The lowest BCUT2D eigenvalue weighted by atomic mass is 9.96. The molecule has 1 aromatic carbocycles. The number of hydrogen-bond acceptors (Lipinski definition) is 3. The minimum absolute atomic E-state index is 0.0966. The number of benzene rings is 1. The van der Waals surface area contributed by atoms with Gasteiger partial charge in [0.25, 0.3) is 0 Å². The molecule has 0 aromatic heterocycles. The minimum Gasteiger partial charge on any atom is -0.493 e. The fourth-order valence-corrected chi connectivity index (χ4v) is 2.86. The van der Waals surface area contributed by atoms with E-state index in [0.29, 0.717) is 6.61 Å². The maximum atomic E-state index is 12.3. The fraction of sp³-hybridized carbons (Fsp3) is 0.533. The third-order valence-corrected chi connectivity index (χ3v) is 3.94. The van der Waals surface area contributed by atoms with Crippen molar-refractivity contribution in [1.82, 2.24) is 10.6 Å². The van der Waals surface area contributed by atoms with Crippen LogP contribution in [0, 0.1) is 5.92 Å². The van der Waals surface area contributed by atoms with Crippen LogP contribution in [0.25, 0.3) is 0 Å². The first-order valence-corrected chi connectivity index (χ1v) is 7.07. The molecule has 1 saturated heterocycles. The van der Waals surface area contributed by atoms with Gasteiger partial charge in [0, 0.05) is 18.5 Å². The van der Waals surface area contributed by atoms with Crippen molar-refractivity contribution in [1.29, 1.82) is 0 Å². The van der Waals surface area contributed by atoms with Crippen LogP contribution in [0.5, 0.6) is 5.75 Å². The molecule has 1 aromatic rings. The lowest BCUT2D eigenvalue weighted by molar-refractivity contribution is -0.126. The van der Waals surface area contributed by atoms with E-state index in [4.69, 9.17) is 4.74 Å². The molecule has 2 aliphatic heterocycles. The fourth-order valence-electron chi connectivity index (χ4n) is 2.86. The summed E-state index contributed by atoms with van der Waals surface area (Å²) in [5, 5.41) is 6.47. The monoisotopic (exact) mass is 260 g/mol. The number of para-hydroxylation sites is 1. The van der Waals surface area contributed by atoms with Crippen LogP contribution >= 0.6 is 0 Å². The second-order valence-corrected chi connectivity index (χ2v) is 5.28. The molecule has 0 aliphatic carbocycles. The maximum Gasteiger partial charge on any atom is 0.224 e. The third kappa shape index (κ3) is 2.73. The summed E-state index contributed by atoms with van der Waals surface area (Å²) >= 11 is 0. The molecule has 19 heavy (non-hydrogen) atoms. The summed E-state index contributed by atoms with van der Waals surface area (Å²) in [5.41, 5.74) is 1.10. The van der Waals surface area contributed by atoms with Gasteiger partial charge in [-0.15, -0.1) is 0 Å². The summed E-state index contributed by atoms with van der Waals surface area (Å²) < 4.78 is 5.62. The zero-order chi connectivity index (χ0) is 13.1. The number of piperidine rings is 1. The maximum absolute atomic E-state index is 12.3. The Balaban J connectivity index is 1.68. The van der Waals surface area contributed by atoms with Crippen LogP contribution in [0.3, 0.4) is 0 Å². The van der Waals surface area contributed by atoms with Crippen molar-refractivity contribution in [3.05, 3.63) is 29.8 Å². The Labute approximate surface area is 113 Å². The normalized spacial score (nSPS) is 26.1. The Hall–Kier alpha value is -1.55. The summed E-state index contributed by atoms with van der Waals surface area (Å²) in [6, 6.07) is 8.07. The van der Waals surface area contributed by atoms with Crippen molar-refractivity contribution >= 4 is 5.91 Å². The molecule has 4 heteroatoms. The molecule has 0 bridgehead atoms. The second kappa shape index (κ2) is 5.61. The SMILES string of the molecule is O=C(NC1CCOc2ccccc21)C1CCCNC1. The van der Waals surface area contributed by atoms with Crippen molar-refractivity contribution in [2.45, 2.75) is 25.3 Å². The van der Waals surface area contributed by atoms with Gasteiger partial charge in [-0.25, -0.2) is 0 Å². The van der Waals surface area contributed by atoms with E-state index in [0.717, 1.165) is 43.7 Å². The smallest absolute Gasteiger partial charge is 0.224 e. The molecule has 2 atom stereocenters. The molecule has 2 N–H and O–H groups in total. The van der Waals surface area contributed by atoms with Crippen LogP contribution in [0.15, 0.2) is 24.3 Å². The van der Waals surface area contributed by atoms with Crippen LogP contribution < -0.4 is 15.4 Å². The molecule has 2 unspecified atom stereocenters. The lowest BCUT2D eigenvalue weighted by Crippen LogP contribution is -2.42. The van der Waals surface area contributed by atoms with Gasteiger partial charge in [-0.3, -0.25) is 4.79 Å². The number of rotatable bonds is 2. The lowest BCUT2D eigenvalue weighted by Gasteiger charge is -2.29. The van der Waals surface area contributed by atoms with E-state index < -0.39 is 0 Å². The molecule has 4 nitrogen and oxygen atoms in total. The topological polar surface area (TPSA) is 50.4 Å². The Morgan fingerprint density at radius 3 is 3.05 bits per heavy atom. The van der Waals surface area contributed by atoms with Crippen molar-refractivity contribution in [3.63, 3.8) is 0 Å². The van der Waals surface area contributed by atoms with E-state index in [1.807, 2.05) is 24.3 Å². The van der Waals surface area contributed by atoms with Crippen molar-refractivity contribution in [3.8, 4) is 5.75 Å². The zero-order valence-corrected chi connectivity index (χ0v) is 11.0. The van der Waals surface area contributed by atoms with Crippen molar-refractivity contribution in [2.24, 2.45) is 5.92 Å². The molecule has 1 amide bonds. The van der Waals surface area contributed by atoms with Crippen LogP contribution in [0.2, 0.25) is 0 Å². The first-order valence-electron chi connectivity index (χ1n) is 7.07. The summed E-state index contributed by atoms with van der Waals surface area (Å²) in [4.78, 5) is 12.3. The van der Waals surface area contributed by atoms with Crippen LogP contribution in [0.1, 0.15) is 30.9 Å². The summed E-state index contributed by atoms with van der Waals surface area (Å²) in [7, 11) is 0. The van der Waals surface area contributed by atoms with Gasteiger partial charge in [-0.05, 0) is 25.5 Å². The third-order valence-electron chi connectivity index (χ3n) is 3.94. The molecule has 0 radical (unpaired) electrons. The molecule has 2 aliphatic rings. The molecular formula is C15H20N2O2. The van der Waals surface area contributed by atoms with Gasteiger partial charge in [0.15, 0.2) is 0 Å². The van der Waals surface area contributed by atoms with Crippen LogP contribution in [0.4, 0.5) is 0 Å². The van der Waals surface area contributed by atoms with Gasteiger partial charge in [-0.2, -0.15) is 0 Å². The predicted octanol–water partition coefficient (Wildman–Crippen LogP) is 1.63. The number of nitrogens with one attached hydrogen (secondary N) is 2.